The minimum absolute atomic E-state index is 0.0507. The summed E-state index contributed by atoms with van der Waals surface area (Å²) in [5.41, 5.74) is 0.457. The number of aliphatic hydroxyl groups excluding tert-OH is 2. The van der Waals surface area contributed by atoms with Gasteiger partial charge < -0.3 is 19.4 Å². The molecule has 5 aliphatic rings. The topological polar surface area (TPSA) is 83.2 Å². The van der Waals surface area contributed by atoms with Crippen LogP contribution < -0.4 is 5.63 Å². The maximum absolute atomic E-state index is 11.5. The Morgan fingerprint density at radius 3 is 2.62 bits per heavy atom. The molecular weight excluding hydrogens is 368 g/mol. The summed E-state index contributed by atoms with van der Waals surface area (Å²) in [6, 6.07) is 3.30. The third-order valence-corrected chi connectivity index (χ3v) is 10.2. The van der Waals surface area contributed by atoms with Gasteiger partial charge in [-0.1, -0.05) is 13.8 Å². The summed E-state index contributed by atoms with van der Waals surface area (Å²) in [6.07, 6.45) is 8.19. The molecule has 10 atom stereocenters. The highest BCUT2D eigenvalue weighted by Crippen LogP contribution is 2.77. The van der Waals surface area contributed by atoms with Crippen LogP contribution in [0, 0.1) is 28.6 Å². The lowest BCUT2D eigenvalue weighted by Crippen LogP contribution is -2.58. The van der Waals surface area contributed by atoms with E-state index < -0.39 is 6.10 Å². The zero-order valence-corrected chi connectivity index (χ0v) is 17.3. The highest BCUT2D eigenvalue weighted by molar-refractivity contribution is 5.38. The largest absolute Gasteiger partial charge is 0.431 e. The molecule has 29 heavy (non-hydrogen) atoms. The standard InChI is InChI=1S/C24H32O5/c1-22-9-7-15(25)11-14(22)4-5-17-16(22)8-10-23(2)19(13-3-6-18(26)28-12-13)20(27)21-24(17,23)29-21/h3,6,12,14-17,19-21,25,27H,4-5,7-11H2,1-2H3/t14-,15+,16?,17?,19+,20-,21-,22+,23-,24-/m1/s1. The molecule has 5 fully saturated rings. The molecular formula is C24H32O5. The van der Waals surface area contributed by atoms with Gasteiger partial charge >= 0.3 is 5.63 Å². The minimum atomic E-state index is -0.551. The first-order valence-electron chi connectivity index (χ1n) is 11.4. The molecule has 1 saturated heterocycles. The van der Waals surface area contributed by atoms with Crippen molar-refractivity contribution in [1.82, 2.24) is 0 Å². The van der Waals surface area contributed by atoms with Crippen LogP contribution in [0.15, 0.2) is 27.6 Å². The molecule has 0 aromatic carbocycles. The fourth-order valence-electron chi connectivity index (χ4n) is 8.81. The Morgan fingerprint density at radius 2 is 1.86 bits per heavy atom. The first-order chi connectivity index (χ1) is 13.8. The van der Waals surface area contributed by atoms with Crippen molar-refractivity contribution in [3.05, 3.63) is 34.4 Å². The average molecular weight is 401 g/mol. The molecule has 1 aromatic rings. The summed E-state index contributed by atoms with van der Waals surface area (Å²) >= 11 is 0. The maximum atomic E-state index is 11.5. The van der Waals surface area contributed by atoms with E-state index in [1.54, 1.807) is 6.26 Å². The predicted octanol–water partition coefficient (Wildman–Crippen LogP) is 3.23. The summed E-state index contributed by atoms with van der Waals surface area (Å²) in [7, 11) is 0. The van der Waals surface area contributed by atoms with Crippen LogP contribution in [0.4, 0.5) is 0 Å². The molecule has 1 aromatic heterocycles. The van der Waals surface area contributed by atoms with Crippen molar-refractivity contribution in [3.63, 3.8) is 0 Å². The molecule has 0 bridgehead atoms. The minimum Gasteiger partial charge on any atom is -0.431 e. The molecule has 5 nitrogen and oxygen atoms in total. The van der Waals surface area contributed by atoms with Crippen molar-refractivity contribution < 1.29 is 19.4 Å². The van der Waals surface area contributed by atoms with Crippen LogP contribution in [0.2, 0.25) is 0 Å². The van der Waals surface area contributed by atoms with E-state index in [2.05, 4.69) is 13.8 Å². The van der Waals surface area contributed by atoms with Crippen LogP contribution in [-0.4, -0.2) is 34.1 Å². The number of aliphatic hydroxyl groups is 2. The average Bonchev–Trinajstić information content (AvgIpc) is 3.40. The van der Waals surface area contributed by atoms with Crippen LogP contribution >= 0.6 is 0 Å². The van der Waals surface area contributed by atoms with E-state index >= 15 is 0 Å². The first kappa shape index (κ1) is 18.6. The van der Waals surface area contributed by atoms with Gasteiger partial charge in [0.1, 0.15) is 11.7 Å². The quantitative estimate of drug-likeness (QED) is 0.707. The van der Waals surface area contributed by atoms with E-state index in [1.807, 2.05) is 6.07 Å². The normalized spacial score (nSPS) is 55.4. The van der Waals surface area contributed by atoms with Crippen molar-refractivity contribution >= 4 is 0 Å². The van der Waals surface area contributed by atoms with E-state index in [-0.39, 0.29) is 40.2 Å². The van der Waals surface area contributed by atoms with Crippen molar-refractivity contribution in [2.45, 2.75) is 88.6 Å². The van der Waals surface area contributed by atoms with Crippen LogP contribution in [0.3, 0.4) is 0 Å². The van der Waals surface area contributed by atoms with Crippen molar-refractivity contribution in [1.29, 1.82) is 0 Å². The Labute approximate surface area is 171 Å². The van der Waals surface area contributed by atoms with Gasteiger partial charge in [0.05, 0.1) is 18.5 Å². The third-order valence-electron chi connectivity index (χ3n) is 10.2. The molecule has 4 aliphatic carbocycles. The second-order valence-electron chi connectivity index (χ2n) is 11.1. The monoisotopic (exact) mass is 400 g/mol. The number of hydrogen-bond donors (Lipinski definition) is 2. The van der Waals surface area contributed by atoms with E-state index in [0.29, 0.717) is 17.8 Å². The fraction of sp³-hybridized carbons (Fsp3) is 0.792. The van der Waals surface area contributed by atoms with Crippen LogP contribution in [0.25, 0.3) is 0 Å². The molecule has 2 N–H and O–H groups in total. The van der Waals surface area contributed by atoms with Gasteiger partial charge in [0.15, 0.2) is 0 Å². The molecule has 5 heteroatoms. The van der Waals surface area contributed by atoms with Gasteiger partial charge in [-0.15, -0.1) is 0 Å². The molecule has 1 spiro atoms. The molecule has 1 aliphatic heterocycles. The van der Waals surface area contributed by atoms with Crippen molar-refractivity contribution in [2.24, 2.45) is 28.6 Å². The fourth-order valence-corrected chi connectivity index (χ4v) is 8.81. The van der Waals surface area contributed by atoms with E-state index in [4.69, 9.17) is 9.15 Å². The highest BCUT2D eigenvalue weighted by atomic mass is 16.6. The van der Waals surface area contributed by atoms with E-state index in [0.717, 1.165) is 50.5 Å². The second-order valence-corrected chi connectivity index (χ2v) is 11.1. The highest BCUT2D eigenvalue weighted by Gasteiger charge is 2.83. The Kier molecular flexibility index (Phi) is 3.68. The summed E-state index contributed by atoms with van der Waals surface area (Å²) in [5, 5.41) is 21.5. The molecule has 158 valence electrons. The lowest BCUT2D eigenvalue weighted by Gasteiger charge is -2.61. The van der Waals surface area contributed by atoms with Gasteiger partial charge in [0.2, 0.25) is 0 Å². The predicted molar refractivity (Wildman–Crippen MR) is 106 cm³/mol. The summed E-state index contributed by atoms with van der Waals surface area (Å²) in [6.45, 7) is 4.76. The number of fused-ring (bicyclic) bond motifs is 3. The zero-order chi connectivity index (χ0) is 20.2. The Balaban J connectivity index is 1.38. The van der Waals surface area contributed by atoms with Crippen LogP contribution in [0.1, 0.15) is 70.3 Å². The second kappa shape index (κ2) is 5.74. The molecule has 2 unspecified atom stereocenters. The van der Waals surface area contributed by atoms with Gasteiger partial charge in [-0.2, -0.15) is 0 Å². The summed E-state index contributed by atoms with van der Waals surface area (Å²) in [5.74, 6) is 1.63. The summed E-state index contributed by atoms with van der Waals surface area (Å²) in [4.78, 5) is 11.5. The maximum Gasteiger partial charge on any atom is 0.335 e. The Hall–Kier alpha value is -1.17. The Bertz CT molecular complexity index is 875. The number of rotatable bonds is 1. The molecule has 2 heterocycles. The molecule has 4 saturated carbocycles. The lowest BCUT2D eigenvalue weighted by atomic mass is 9.44. The number of hydrogen-bond acceptors (Lipinski definition) is 5. The molecule has 0 amide bonds. The van der Waals surface area contributed by atoms with Gasteiger partial charge in [-0.25, -0.2) is 4.79 Å². The molecule has 0 radical (unpaired) electrons. The van der Waals surface area contributed by atoms with Gasteiger partial charge in [0.25, 0.3) is 0 Å². The van der Waals surface area contributed by atoms with Gasteiger partial charge in [0, 0.05) is 17.4 Å². The van der Waals surface area contributed by atoms with Gasteiger partial charge in [-0.05, 0) is 79.7 Å². The lowest BCUT2D eigenvalue weighted by molar-refractivity contribution is -0.143. The number of epoxide rings is 1. The Morgan fingerprint density at radius 1 is 1.03 bits per heavy atom. The van der Waals surface area contributed by atoms with Crippen molar-refractivity contribution in [3.8, 4) is 0 Å². The van der Waals surface area contributed by atoms with E-state index in [1.165, 1.54) is 6.07 Å². The molecule has 6 rings (SSSR count). The van der Waals surface area contributed by atoms with Crippen LogP contribution in [-0.2, 0) is 4.74 Å². The van der Waals surface area contributed by atoms with Gasteiger partial charge in [-0.3, -0.25) is 0 Å². The number of ether oxygens (including phenoxy) is 1. The SMILES string of the molecule is C[C@]12CC[C@H](O)C[C@H]1CCC1C2CC[C@]2(C)[C@@H](c3ccc(=O)oc3)[C@@H](O)[C@H]3O[C@]132. The third kappa shape index (κ3) is 2.14. The van der Waals surface area contributed by atoms with Crippen LogP contribution in [0.5, 0.6) is 0 Å². The van der Waals surface area contributed by atoms with E-state index in [9.17, 15) is 15.0 Å². The van der Waals surface area contributed by atoms with Crippen molar-refractivity contribution in [2.75, 3.05) is 0 Å². The first-order valence-corrected chi connectivity index (χ1v) is 11.4. The smallest absolute Gasteiger partial charge is 0.335 e. The zero-order valence-electron chi connectivity index (χ0n) is 17.3. The summed E-state index contributed by atoms with van der Waals surface area (Å²) < 4.78 is 11.6.